The van der Waals surface area contributed by atoms with Crippen LogP contribution >= 0.6 is 0 Å². The topological polar surface area (TPSA) is 59.1 Å². The predicted molar refractivity (Wildman–Crippen MR) is 124 cm³/mol. The van der Waals surface area contributed by atoms with Crippen LogP contribution in [0.25, 0.3) is 0 Å². The van der Waals surface area contributed by atoms with Gasteiger partial charge in [-0.1, -0.05) is 72.8 Å². The van der Waals surface area contributed by atoms with Crippen LogP contribution in [0.2, 0.25) is 0 Å². The van der Waals surface area contributed by atoms with Gasteiger partial charge >= 0.3 is 0 Å². The van der Waals surface area contributed by atoms with Crippen molar-refractivity contribution >= 4 is 11.8 Å². The van der Waals surface area contributed by atoms with Crippen molar-refractivity contribution in [2.24, 2.45) is 0 Å². The Morgan fingerprint density at radius 3 is 1.82 bits per heavy atom. The Balaban J connectivity index is 1.25. The minimum Gasteiger partial charge on any atom is -0.485 e. The van der Waals surface area contributed by atoms with Gasteiger partial charge in [0.1, 0.15) is 6.61 Å². The van der Waals surface area contributed by atoms with E-state index in [4.69, 9.17) is 9.47 Å². The summed E-state index contributed by atoms with van der Waals surface area (Å²) in [5.74, 6) is 0.848. The summed E-state index contributed by atoms with van der Waals surface area (Å²) >= 11 is 0. The fraction of sp³-hybridized carbons (Fsp3) is 0.259. The minimum atomic E-state index is -0.663. The van der Waals surface area contributed by atoms with E-state index in [-0.39, 0.29) is 24.3 Å². The van der Waals surface area contributed by atoms with E-state index in [2.05, 4.69) is 0 Å². The number of carbonyl (C=O) groups is 2. The van der Waals surface area contributed by atoms with Crippen LogP contribution in [0.4, 0.5) is 0 Å². The summed E-state index contributed by atoms with van der Waals surface area (Å²) in [5.41, 5.74) is 1.94. The lowest BCUT2D eigenvalue weighted by molar-refractivity contribution is -0.146. The maximum atomic E-state index is 13.6. The van der Waals surface area contributed by atoms with E-state index in [0.717, 1.165) is 11.1 Å². The Morgan fingerprint density at radius 1 is 0.697 bits per heavy atom. The molecule has 1 fully saturated rings. The second-order valence-corrected chi connectivity index (χ2v) is 8.27. The number of carbonyl (C=O) groups excluding carboxylic acids is 2. The molecule has 33 heavy (non-hydrogen) atoms. The highest BCUT2D eigenvalue weighted by atomic mass is 16.6. The largest absolute Gasteiger partial charge is 0.485 e. The van der Waals surface area contributed by atoms with Crippen LogP contribution in [0, 0.1) is 0 Å². The van der Waals surface area contributed by atoms with Crippen LogP contribution in [0.1, 0.15) is 17.0 Å². The molecule has 2 aliphatic rings. The quantitative estimate of drug-likeness (QED) is 0.622. The van der Waals surface area contributed by atoms with Crippen molar-refractivity contribution in [3.63, 3.8) is 0 Å². The van der Waals surface area contributed by atoms with Crippen molar-refractivity contribution in [2.45, 2.75) is 12.0 Å². The van der Waals surface area contributed by atoms with Gasteiger partial charge < -0.3 is 19.3 Å². The van der Waals surface area contributed by atoms with Crippen LogP contribution < -0.4 is 9.47 Å². The van der Waals surface area contributed by atoms with Crippen molar-refractivity contribution in [1.82, 2.24) is 9.80 Å². The van der Waals surface area contributed by atoms with Crippen LogP contribution in [0.15, 0.2) is 84.9 Å². The second kappa shape index (κ2) is 9.36. The number of para-hydroxylation sites is 2. The van der Waals surface area contributed by atoms with E-state index in [1.165, 1.54) is 0 Å². The van der Waals surface area contributed by atoms with Crippen molar-refractivity contribution in [2.75, 3.05) is 32.8 Å². The first-order valence-electron chi connectivity index (χ1n) is 11.3. The first-order chi connectivity index (χ1) is 16.2. The van der Waals surface area contributed by atoms with Gasteiger partial charge in [-0.3, -0.25) is 9.59 Å². The van der Waals surface area contributed by atoms with Gasteiger partial charge in [-0.25, -0.2) is 0 Å². The lowest BCUT2D eigenvalue weighted by atomic mass is 9.90. The van der Waals surface area contributed by atoms with Crippen LogP contribution in [-0.4, -0.2) is 60.5 Å². The third-order valence-electron chi connectivity index (χ3n) is 6.20. The van der Waals surface area contributed by atoms with Crippen molar-refractivity contribution in [1.29, 1.82) is 0 Å². The molecule has 0 bridgehead atoms. The normalized spacial score (nSPS) is 17.7. The fourth-order valence-electron chi connectivity index (χ4n) is 4.44. The van der Waals surface area contributed by atoms with Crippen LogP contribution in [0.5, 0.6) is 11.5 Å². The molecule has 0 radical (unpaired) electrons. The summed E-state index contributed by atoms with van der Waals surface area (Å²) in [6.07, 6.45) is -0.663. The van der Waals surface area contributed by atoms with E-state index < -0.39 is 6.10 Å². The Morgan fingerprint density at radius 2 is 1.21 bits per heavy atom. The molecular weight excluding hydrogens is 416 g/mol. The highest BCUT2D eigenvalue weighted by Crippen LogP contribution is 2.32. The van der Waals surface area contributed by atoms with Crippen molar-refractivity contribution in [3.8, 4) is 11.5 Å². The molecule has 5 rings (SSSR count). The average Bonchev–Trinajstić information content (AvgIpc) is 2.89. The first-order valence-corrected chi connectivity index (χ1v) is 11.3. The lowest BCUT2D eigenvalue weighted by Crippen LogP contribution is -2.55. The molecule has 0 aromatic heterocycles. The third-order valence-corrected chi connectivity index (χ3v) is 6.20. The smallest absolute Gasteiger partial charge is 0.267 e. The summed E-state index contributed by atoms with van der Waals surface area (Å²) in [7, 11) is 0. The van der Waals surface area contributed by atoms with Crippen LogP contribution in [-0.2, 0) is 9.59 Å². The molecule has 0 unspecified atom stereocenters. The van der Waals surface area contributed by atoms with Gasteiger partial charge in [-0.15, -0.1) is 0 Å². The predicted octanol–water partition coefficient (Wildman–Crippen LogP) is 3.33. The van der Waals surface area contributed by atoms with Crippen molar-refractivity contribution in [3.05, 3.63) is 96.1 Å². The molecule has 0 saturated carbocycles. The molecular formula is C27H26N2O4. The molecule has 168 valence electrons. The van der Waals surface area contributed by atoms with Gasteiger partial charge in [0.25, 0.3) is 5.91 Å². The standard InChI is InChI=1S/C27H26N2O4/c30-26(24-19-32-22-13-7-8-14-23(22)33-24)28-15-17-29(18-16-28)27(31)25(20-9-3-1-4-10-20)21-11-5-2-6-12-21/h1-14,24-25H,15-19H2/t24-/m1/s1. The van der Waals surface area contributed by atoms with Gasteiger partial charge in [-0.05, 0) is 23.3 Å². The van der Waals surface area contributed by atoms with Crippen molar-refractivity contribution < 1.29 is 19.1 Å². The summed E-state index contributed by atoms with van der Waals surface area (Å²) in [6.45, 7) is 2.12. The molecule has 2 aliphatic heterocycles. The number of nitrogens with zero attached hydrogens (tertiary/aromatic N) is 2. The molecule has 2 amide bonds. The number of piperazine rings is 1. The average molecular weight is 443 g/mol. The zero-order valence-corrected chi connectivity index (χ0v) is 18.3. The monoisotopic (exact) mass is 442 g/mol. The summed E-state index contributed by atoms with van der Waals surface area (Å²) in [5, 5.41) is 0. The SMILES string of the molecule is O=C(C(c1ccccc1)c1ccccc1)N1CCN(C(=O)[C@H]2COc3ccccc3O2)CC1. The van der Waals surface area contributed by atoms with Gasteiger partial charge in [0.05, 0.1) is 5.92 Å². The van der Waals surface area contributed by atoms with Gasteiger partial charge in [0, 0.05) is 26.2 Å². The van der Waals surface area contributed by atoms with E-state index in [1.807, 2.05) is 83.8 Å². The highest BCUT2D eigenvalue weighted by molar-refractivity contribution is 5.88. The van der Waals surface area contributed by atoms with E-state index >= 15 is 0 Å². The number of fused-ring (bicyclic) bond motifs is 1. The zero-order chi connectivity index (χ0) is 22.6. The molecule has 1 saturated heterocycles. The first kappa shape index (κ1) is 21.1. The van der Waals surface area contributed by atoms with Crippen LogP contribution in [0.3, 0.4) is 0 Å². The minimum absolute atomic E-state index is 0.0608. The number of rotatable bonds is 4. The molecule has 2 heterocycles. The van der Waals surface area contributed by atoms with E-state index in [9.17, 15) is 9.59 Å². The number of hydrogen-bond donors (Lipinski definition) is 0. The summed E-state index contributed by atoms with van der Waals surface area (Å²) in [4.78, 5) is 30.3. The molecule has 3 aromatic carbocycles. The molecule has 0 spiro atoms. The Kier molecular flexibility index (Phi) is 5.98. The number of amides is 2. The van der Waals surface area contributed by atoms with E-state index in [0.29, 0.717) is 37.7 Å². The number of benzene rings is 3. The Hall–Kier alpha value is -3.80. The Bertz CT molecular complexity index is 1070. The highest BCUT2D eigenvalue weighted by Gasteiger charge is 2.35. The van der Waals surface area contributed by atoms with Gasteiger partial charge in [0.2, 0.25) is 12.0 Å². The number of ether oxygens (including phenoxy) is 2. The van der Waals surface area contributed by atoms with Gasteiger partial charge in [0.15, 0.2) is 11.5 Å². The molecule has 0 aliphatic carbocycles. The molecule has 1 atom stereocenters. The second-order valence-electron chi connectivity index (χ2n) is 8.27. The van der Waals surface area contributed by atoms with E-state index in [1.54, 1.807) is 11.0 Å². The molecule has 6 heteroatoms. The molecule has 0 N–H and O–H groups in total. The van der Waals surface area contributed by atoms with Gasteiger partial charge in [-0.2, -0.15) is 0 Å². The lowest BCUT2D eigenvalue weighted by Gasteiger charge is -2.38. The summed E-state index contributed by atoms with van der Waals surface area (Å²) in [6, 6.07) is 27.1. The molecule has 3 aromatic rings. The zero-order valence-electron chi connectivity index (χ0n) is 18.3. The maximum absolute atomic E-state index is 13.6. The third kappa shape index (κ3) is 4.42. The fourth-order valence-corrected chi connectivity index (χ4v) is 4.44. The molecule has 6 nitrogen and oxygen atoms in total. The Labute approximate surface area is 193 Å². The summed E-state index contributed by atoms with van der Waals surface area (Å²) < 4.78 is 11.6. The maximum Gasteiger partial charge on any atom is 0.267 e. The number of hydrogen-bond acceptors (Lipinski definition) is 4.